The first kappa shape index (κ1) is 6.91. The molecule has 11 heavy (non-hydrogen) atoms. The molecule has 2 aliphatic rings. The maximum atomic E-state index is 10.3. The van der Waals surface area contributed by atoms with Crippen LogP contribution < -0.4 is 5.32 Å². The maximum absolute atomic E-state index is 10.3. The van der Waals surface area contributed by atoms with Crippen LogP contribution in [0.25, 0.3) is 0 Å². The molecule has 1 unspecified atom stereocenters. The average Bonchev–Trinajstić information content (AvgIpc) is 2.56. The largest absolute Gasteiger partial charge is 0.465 e. The van der Waals surface area contributed by atoms with Gasteiger partial charge in [0.05, 0.1) is 11.6 Å². The molecule has 1 heterocycles. The van der Waals surface area contributed by atoms with Crippen molar-refractivity contribution >= 4 is 6.09 Å². The lowest BCUT2D eigenvalue weighted by molar-refractivity contribution is 0.0763. The van der Waals surface area contributed by atoms with Gasteiger partial charge in [0.2, 0.25) is 0 Å². The van der Waals surface area contributed by atoms with Crippen molar-refractivity contribution in [2.24, 2.45) is 0 Å². The van der Waals surface area contributed by atoms with Gasteiger partial charge in [0, 0.05) is 6.61 Å². The fraction of sp³-hybridized carbons (Fsp3) is 0.857. The van der Waals surface area contributed by atoms with E-state index in [-0.39, 0.29) is 11.6 Å². The highest BCUT2D eigenvalue weighted by molar-refractivity contribution is 5.65. The van der Waals surface area contributed by atoms with E-state index in [1.54, 1.807) is 0 Å². The van der Waals surface area contributed by atoms with Crippen LogP contribution in [-0.4, -0.2) is 29.4 Å². The zero-order valence-corrected chi connectivity index (χ0v) is 6.17. The van der Waals surface area contributed by atoms with E-state index in [4.69, 9.17) is 9.84 Å². The molecule has 2 fully saturated rings. The molecule has 0 aromatic heterocycles. The van der Waals surface area contributed by atoms with Gasteiger partial charge in [0.15, 0.2) is 0 Å². The number of carbonyl (C=O) groups is 1. The van der Waals surface area contributed by atoms with Crippen LogP contribution in [0.4, 0.5) is 4.79 Å². The summed E-state index contributed by atoms with van der Waals surface area (Å²) in [7, 11) is 0. The molecule has 2 rings (SSSR count). The number of ether oxygens (including phenoxy) is 1. The molecule has 0 aromatic carbocycles. The molecule has 0 bridgehead atoms. The van der Waals surface area contributed by atoms with Crippen LogP contribution in [0.3, 0.4) is 0 Å². The van der Waals surface area contributed by atoms with E-state index >= 15 is 0 Å². The van der Waals surface area contributed by atoms with E-state index in [9.17, 15) is 4.79 Å². The predicted octanol–water partition coefficient (Wildman–Crippen LogP) is 0.575. The van der Waals surface area contributed by atoms with Crippen LogP contribution in [0.15, 0.2) is 0 Å². The van der Waals surface area contributed by atoms with Gasteiger partial charge in [0.1, 0.15) is 0 Å². The summed E-state index contributed by atoms with van der Waals surface area (Å²) in [5.74, 6) is 0. The third kappa shape index (κ3) is 1.07. The second kappa shape index (κ2) is 2.11. The highest BCUT2D eigenvalue weighted by Gasteiger charge is 2.54. The molecule has 1 atom stereocenters. The van der Waals surface area contributed by atoms with Gasteiger partial charge in [-0.25, -0.2) is 4.79 Å². The summed E-state index contributed by atoms with van der Waals surface area (Å²) in [4.78, 5) is 10.3. The lowest BCUT2D eigenvalue weighted by Crippen LogP contribution is -2.40. The summed E-state index contributed by atoms with van der Waals surface area (Å²) in [5.41, 5.74) is -0.0988. The molecular weight excluding hydrogens is 146 g/mol. The first-order valence-corrected chi connectivity index (χ1v) is 3.86. The molecule has 1 amide bonds. The van der Waals surface area contributed by atoms with Gasteiger partial charge in [-0.05, 0) is 19.3 Å². The molecule has 62 valence electrons. The highest BCUT2D eigenvalue weighted by atomic mass is 16.5. The Morgan fingerprint density at radius 2 is 2.36 bits per heavy atom. The van der Waals surface area contributed by atoms with E-state index in [1.807, 2.05) is 0 Å². The fourth-order valence-electron chi connectivity index (χ4n) is 1.71. The number of hydrogen-bond donors (Lipinski definition) is 2. The number of rotatable bonds is 1. The van der Waals surface area contributed by atoms with Crippen LogP contribution in [0.2, 0.25) is 0 Å². The first-order chi connectivity index (χ1) is 5.23. The monoisotopic (exact) mass is 157 g/mol. The number of carboxylic acid groups (broad SMARTS) is 1. The van der Waals surface area contributed by atoms with Crippen LogP contribution in [0.1, 0.15) is 19.3 Å². The van der Waals surface area contributed by atoms with Crippen molar-refractivity contribution in [1.29, 1.82) is 0 Å². The molecule has 1 spiro atoms. The Kier molecular flexibility index (Phi) is 1.32. The van der Waals surface area contributed by atoms with Crippen molar-refractivity contribution in [1.82, 2.24) is 5.32 Å². The highest BCUT2D eigenvalue weighted by Crippen LogP contribution is 2.47. The van der Waals surface area contributed by atoms with E-state index in [0.29, 0.717) is 6.61 Å². The molecule has 0 radical (unpaired) electrons. The van der Waals surface area contributed by atoms with E-state index in [2.05, 4.69) is 5.32 Å². The van der Waals surface area contributed by atoms with Gasteiger partial charge < -0.3 is 15.2 Å². The van der Waals surface area contributed by atoms with Crippen LogP contribution in [0.5, 0.6) is 0 Å². The Hall–Kier alpha value is -0.770. The average molecular weight is 157 g/mol. The Morgan fingerprint density at radius 1 is 1.64 bits per heavy atom. The summed E-state index contributed by atoms with van der Waals surface area (Å²) in [6.45, 7) is 0.699. The molecule has 1 saturated heterocycles. The fourth-order valence-corrected chi connectivity index (χ4v) is 1.71. The lowest BCUT2D eigenvalue weighted by atomic mass is 10.1. The van der Waals surface area contributed by atoms with Crippen LogP contribution in [0, 0.1) is 0 Å². The number of hydrogen-bond acceptors (Lipinski definition) is 2. The normalized spacial score (nSPS) is 32.2. The van der Waals surface area contributed by atoms with Crippen LogP contribution in [-0.2, 0) is 4.74 Å². The van der Waals surface area contributed by atoms with Crippen molar-refractivity contribution in [2.45, 2.75) is 30.9 Å². The molecule has 0 aromatic rings. The number of nitrogens with one attached hydrogen (secondary N) is 1. The molecule has 1 aliphatic carbocycles. The summed E-state index contributed by atoms with van der Waals surface area (Å²) in [6.07, 6.45) is 1.91. The second-order valence-electron chi connectivity index (χ2n) is 3.20. The van der Waals surface area contributed by atoms with Crippen LogP contribution >= 0.6 is 0 Å². The van der Waals surface area contributed by atoms with Crippen molar-refractivity contribution < 1.29 is 14.6 Å². The zero-order chi connectivity index (χ0) is 7.90. The van der Waals surface area contributed by atoms with Gasteiger partial charge in [-0.1, -0.05) is 0 Å². The standard InChI is InChI=1S/C7H11NO3/c9-6(10)8-5-1-4-11-7(5)2-3-7/h5,8H,1-4H2,(H,9,10). The molecule has 1 saturated carbocycles. The third-order valence-electron chi connectivity index (χ3n) is 2.47. The maximum Gasteiger partial charge on any atom is 0.404 e. The van der Waals surface area contributed by atoms with Gasteiger partial charge in [-0.2, -0.15) is 0 Å². The summed E-state index contributed by atoms with van der Waals surface area (Å²) >= 11 is 0. The molecule has 4 heteroatoms. The van der Waals surface area contributed by atoms with Crippen molar-refractivity contribution in [2.75, 3.05) is 6.61 Å². The minimum atomic E-state index is -0.938. The molecule has 4 nitrogen and oxygen atoms in total. The third-order valence-corrected chi connectivity index (χ3v) is 2.47. The Balaban J connectivity index is 1.97. The molecule has 1 aliphatic heterocycles. The Labute approximate surface area is 64.5 Å². The Bertz CT molecular complexity index is 188. The van der Waals surface area contributed by atoms with Gasteiger partial charge in [-0.3, -0.25) is 0 Å². The van der Waals surface area contributed by atoms with E-state index in [1.165, 1.54) is 0 Å². The topological polar surface area (TPSA) is 58.6 Å². The minimum absolute atomic E-state index is 0.0417. The molecular formula is C7H11NO3. The summed E-state index contributed by atoms with van der Waals surface area (Å²) < 4.78 is 5.44. The van der Waals surface area contributed by atoms with Crippen molar-refractivity contribution in [3.05, 3.63) is 0 Å². The second-order valence-corrected chi connectivity index (χ2v) is 3.20. The van der Waals surface area contributed by atoms with Crippen molar-refractivity contribution in [3.8, 4) is 0 Å². The van der Waals surface area contributed by atoms with E-state index in [0.717, 1.165) is 19.3 Å². The van der Waals surface area contributed by atoms with Gasteiger partial charge in [-0.15, -0.1) is 0 Å². The quantitative estimate of drug-likeness (QED) is 0.585. The number of amides is 1. The van der Waals surface area contributed by atoms with Gasteiger partial charge >= 0.3 is 6.09 Å². The van der Waals surface area contributed by atoms with Crippen molar-refractivity contribution in [3.63, 3.8) is 0 Å². The Morgan fingerprint density at radius 3 is 2.91 bits per heavy atom. The zero-order valence-electron chi connectivity index (χ0n) is 6.17. The predicted molar refractivity (Wildman–Crippen MR) is 37.5 cm³/mol. The smallest absolute Gasteiger partial charge is 0.404 e. The lowest BCUT2D eigenvalue weighted by Gasteiger charge is -2.16. The summed E-state index contributed by atoms with van der Waals surface area (Å²) in [5, 5.41) is 11.0. The first-order valence-electron chi connectivity index (χ1n) is 3.86. The van der Waals surface area contributed by atoms with E-state index < -0.39 is 6.09 Å². The SMILES string of the molecule is O=C(O)NC1CCOC12CC2. The van der Waals surface area contributed by atoms with Gasteiger partial charge in [0.25, 0.3) is 0 Å². The molecule has 2 N–H and O–H groups in total. The summed E-state index contributed by atoms with van der Waals surface area (Å²) in [6, 6.07) is 0.0417. The minimum Gasteiger partial charge on any atom is -0.465 e.